The lowest BCUT2D eigenvalue weighted by atomic mass is 9.99. The summed E-state index contributed by atoms with van der Waals surface area (Å²) in [6, 6.07) is 25.3. The number of anilines is 1. The lowest BCUT2D eigenvalue weighted by Crippen LogP contribution is -2.30. The van der Waals surface area contributed by atoms with Crippen molar-refractivity contribution in [2.45, 2.75) is 17.3 Å². The number of nitrogens with one attached hydrogen (secondary N) is 2. The van der Waals surface area contributed by atoms with E-state index in [4.69, 9.17) is 0 Å². The first-order valence-corrected chi connectivity index (χ1v) is 11.6. The molecule has 0 aliphatic rings. The molecule has 1 aromatic heterocycles. The van der Waals surface area contributed by atoms with Gasteiger partial charge in [-0.25, -0.2) is 4.98 Å². The van der Waals surface area contributed by atoms with Gasteiger partial charge in [-0.3, -0.25) is 9.59 Å². The topological polar surface area (TPSA) is 71.1 Å². The molecule has 0 aliphatic heterocycles. The number of benzene rings is 3. The van der Waals surface area contributed by atoms with E-state index in [1.807, 2.05) is 78.9 Å². The minimum atomic E-state index is -0.203. The van der Waals surface area contributed by atoms with Gasteiger partial charge in [0.25, 0.3) is 0 Å². The molecule has 0 saturated carbocycles. The molecule has 7 heteroatoms. The summed E-state index contributed by atoms with van der Waals surface area (Å²) >= 11 is 2.93. The van der Waals surface area contributed by atoms with E-state index in [-0.39, 0.29) is 23.6 Å². The van der Waals surface area contributed by atoms with E-state index in [2.05, 4.69) is 15.6 Å². The Morgan fingerprint density at radius 2 is 1.61 bits per heavy atom. The van der Waals surface area contributed by atoms with Crippen LogP contribution in [0.2, 0.25) is 0 Å². The zero-order valence-electron chi connectivity index (χ0n) is 16.9. The Labute approximate surface area is 188 Å². The van der Waals surface area contributed by atoms with Crippen molar-refractivity contribution in [3.63, 3.8) is 0 Å². The van der Waals surface area contributed by atoms with Crippen molar-refractivity contribution in [3.05, 3.63) is 90.0 Å². The summed E-state index contributed by atoms with van der Waals surface area (Å²) in [5.74, 6) is 0.108. The predicted octanol–water partition coefficient (Wildman–Crippen LogP) is 5.25. The van der Waals surface area contributed by atoms with Gasteiger partial charge in [-0.05, 0) is 29.3 Å². The highest BCUT2D eigenvalue weighted by Gasteiger charge is 2.17. The smallest absolute Gasteiger partial charge is 0.231 e. The van der Waals surface area contributed by atoms with Gasteiger partial charge >= 0.3 is 0 Å². The SMILES string of the molecule is CC(=O)Nc1ccc2nc(SCC(=O)NC(c3ccccc3)c3ccccc3)sc2c1. The van der Waals surface area contributed by atoms with E-state index >= 15 is 0 Å². The van der Waals surface area contributed by atoms with Crippen LogP contribution in [0.3, 0.4) is 0 Å². The van der Waals surface area contributed by atoms with Gasteiger partial charge in [-0.15, -0.1) is 11.3 Å². The van der Waals surface area contributed by atoms with E-state index in [1.54, 1.807) is 0 Å². The van der Waals surface area contributed by atoms with Gasteiger partial charge in [0.1, 0.15) is 0 Å². The van der Waals surface area contributed by atoms with Crippen LogP contribution in [0.4, 0.5) is 5.69 Å². The molecule has 156 valence electrons. The summed E-state index contributed by atoms with van der Waals surface area (Å²) in [4.78, 5) is 28.6. The van der Waals surface area contributed by atoms with Gasteiger partial charge in [0.2, 0.25) is 11.8 Å². The lowest BCUT2D eigenvalue weighted by Gasteiger charge is -2.19. The summed E-state index contributed by atoms with van der Waals surface area (Å²) in [6.45, 7) is 1.48. The van der Waals surface area contributed by atoms with Crippen molar-refractivity contribution in [3.8, 4) is 0 Å². The number of hydrogen-bond acceptors (Lipinski definition) is 5. The number of thioether (sulfide) groups is 1. The van der Waals surface area contributed by atoms with Crippen molar-refractivity contribution >= 4 is 50.8 Å². The molecule has 0 atom stereocenters. The maximum absolute atomic E-state index is 12.8. The Kier molecular flexibility index (Phi) is 6.64. The highest BCUT2D eigenvalue weighted by atomic mass is 32.2. The van der Waals surface area contributed by atoms with Crippen molar-refractivity contribution in [2.24, 2.45) is 0 Å². The van der Waals surface area contributed by atoms with Crippen LogP contribution in [0.1, 0.15) is 24.1 Å². The standard InChI is InChI=1S/C24H21N3O2S2/c1-16(28)25-19-12-13-20-21(14-19)31-24(26-20)30-15-22(29)27-23(17-8-4-2-5-9-17)18-10-6-3-7-11-18/h2-14,23H,15H2,1H3,(H,25,28)(H,27,29). The van der Waals surface area contributed by atoms with Crippen molar-refractivity contribution < 1.29 is 9.59 Å². The zero-order valence-corrected chi connectivity index (χ0v) is 18.5. The molecule has 5 nitrogen and oxygen atoms in total. The van der Waals surface area contributed by atoms with Crippen LogP contribution < -0.4 is 10.6 Å². The maximum Gasteiger partial charge on any atom is 0.231 e. The summed E-state index contributed by atoms with van der Waals surface area (Å²) in [6.07, 6.45) is 0. The molecule has 0 radical (unpaired) electrons. The molecule has 0 unspecified atom stereocenters. The number of nitrogens with zero attached hydrogens (tertiary/aromatic N) is 1. The monoisotopic (exact) mass is 447 g/mol. The minimum Gasteiger partial charge on any atom is -0.344 e. The van der Waals surface area contributed by atoms with Crippen LogP contribution in [-0.2, 0) is 9.59 Å². The predicted molar refractivity (Wildman–Crippen MR) is 128 cm³/mol. The van der Waals surface area contributed by atoms with Crippen LogP contribution in [0.15, 0.2) is 83.2 Å². The van der Waals surface area contributed by atoms with Crippen LogP contribution in [0, 0.1) is 0 Å². The number of aromatic nitrogens is 1. The summed E-state index contributed by atoms with van der Waals surface area (Å²) in [7, 11) is 0. The summed E-state index contributed by atoms with van der Waals surface area (Å²) in [5, 5.41) is 5.93. The van der Waals surface area contributed by atoms with E-state index in [1.165, 1.54) is 30.0 Å². The van der Waals surface area contributed by atoms with E-state index in [0.29, 0.717) is 0 Å². The molecule has 0 saturated heterocycles. The normalized spacial score (nSPS) is 10.9. The van der Waals surface area contributed by atoms with E-state index < -0.39 is 0 Å². The molecule has 2 N–H and O–H groups in total. The molecule has 0 bridgehead atoms. The van der Waals surface area contributed by atoms with Crippen molar-refractivity contribution in [2.75, 3.05) is 11.1 Å². The van der Waals surface area contributed by atoms with E-state index in [9.17, 15) is 9.59 Å². The molecular formula is C24H21N3O2S2. The van der Waals surface area contributed by atoms with Crippen LogP contribution in [0.5, 0.6) is 0 Å². The first-order valence-electron chi connectivity index (χ1n) is 9.79. The molecule has 1 heterocycles. The van der Waals surface area contributed by atoms with Gasteiger partial charge in [0.15, 0.2) is 4.34 Å². The Morgan fingerprint density at radius 1 is 0.968 bits per heavy atom. The van der Waals surface area contributed by atoms with Gasteiger partial charge < -0.3 is 10.6 Å². The maximum atomic E-state index is 12.8. The summed E-state index contributed by atoms with van der Waals surface area (Å²) in [5.41, 5.74) is 3.68. The fourth-order valence-electron chi connectivity index (χ4n) is 3.23. The fraction of sp³-hybridized carbons (Fsp3) is 0.125. The Morgan fingerprint density at radius 3 is 2.23 bits per heavy atom. The molecule has 31 heavy (non-hydrogen) atoms. The molecule has 4 aromatic rings. The van der Waals surface area contributed by atoms with Gasteiger partial charge in [0, 0.05) is 12.6 Å². The number of thiazole rings is 1. The highest BCUT2D eigenvalue weighted by Crippen LogP contribution is 2.31. The molecule has 0 spiro atoms. The lowest BCUT2D eigenvalue weighted by molar-refractivity contribution is -0.119. The number of carbonyl (C=O) groups excluding carboxylic acids is 2. The molecule has 0 fully saturated rings. The third kappa shape index (κ3) is 5.51. The average Bonchev–Trinajstić information content (AvgIpc) is 3.19. The number of rotatable bonds is 7. The second-order valence-electron chi connectivity index (χ2n) is 6.95. The highest BCUT2D eigenvalue weighted by molar-refractivity contribution is 8.01. The number of carbonyl (C=O) groups is 2. The number of fused-ring (bicyclic) bond motifs is 1. The zero-order chi connectivity index (χ0) is 21.6. The van der Waals surface area contributed by atoms with Crippen LogP contribution in [-0.4, -0.2) is 22.6 Å². The fourth-order valence-corrected chi connectivity index (χ4v) is 5.15. The van der Waals surface area contributed by atoms with Crippen LogP contribution >= 0.6 is 23.1 Å². The van der Waals surface area contributed by atoms with Crippen LogP contribution in [0.25, 0.3) is 10.2 Å². The summed E-state index contributed by atoms with van der Waals surface area (Å²) < 4.78 is 1.79. The van der Waals surface area contributed by atoms with Gasteiger partial charge in [-0.2, -0.15) is 0 Å². The molecular weight excluding hydrogens is 426 g/mol. The largest absolute Gasteiger partial charge is 0.344 e. The quantitative estimate of drug-likeness (QED) is 0.380. The Bertz CT molecular complexity index is 1150. The third-order valence-corrected chi connectivity index (χ3v) is 6.75. The Hall–Kier alpha value is -3.16. The van der Waals surface area contributed by atoms with Crippen molar-refractivity contribution in [1.29, 1.82) is 0 Å². The molecule has 0 aliphatic carbocycles. The van der Waals surface area contributed by atoms with Gasteiger partial charge in [0.05, 0.1) is 22.0 Å². The third-order valence-electron chi connectivity index (χ3n) is 4.59. The number of amides is 2. The second kappa shape index (κ2) is 9.76. The molecule has 3 aromatic carbocycles. The first kappa shape index (κ1) is 21.1. The Balaban J connectivity index is 1.44. The van der Waals surface area contributed by atoms with E-state index in [0.717, 1.165) is 31.4 Å². The minimum absolute atomic E-state index is 0.0547. The number of hydrogen-bond donors (Lipinski definition) is 2. The molecule has 4 rings (SSSR count). The molecule has 2 amide bonds. The average molecular weight is 448 g/mol. The second-order valence-corrected chi connectivity index (χ2v) is 9.21. The van der Waals surface area contributed by atoms with Crippen molar-refractivity contribution in [1.82, 2.24) is 10.3 Å². The van der Waals surface area contributed by atoms with Gasteiger partial charge in [-0.1, -0.05) is 72.4 Å². The first-order chi connectivity index (χ1) is 15.1.